The minimum absolute atomic E-state index is 0.0867. The molecule has 0 aliphatic carbocycles. The summed E-state index contributed by atoms with van der Waals surface area (Å²) >= 11 is 11.9. The molecule has 1 atom stereocenters. The molecule has 0 saturated carbocycles. The third-order valence-electron chi connectivity index (χ3n) is 3.27. The number of hydrogen-bond donors (Lipinski definition) is 1. The Morgan fingerprint density at radius 3 is 2.58 bits per heavy atom. The van der Waals surface area contributed by atoms with Gasteiger partial charge in [-0.1, -0.05) is 23.2 Å². The van der Waals surface area contributed by atoms with E-state index in [2.05, 4.69) is 5.32 Å². The molecule has 0 saturated heterocycles. The number of carbonyl (C=O) groups excluding carboxylic acids is 1. The fourth-order valence-electron chi connectivity index (χ4n) is 2.05. The lowest BCUT2D eigenvalue weighted by molar-refractivity contribution is -0.386. The van der Waals surface area contributed by atoms with Gasteiger partial charge in [-0.25, -0.2) is 0 Å². The lowest BCUT2D eigenvalue weighted by Crippen LogP contribution is -2.36. The number of nitro benzene ring substituents is 1. The topological polar surface area (TPSA) is 90.7 Å². The van der Waals surface area contributed by atoms with Gasteiger partial charge in [-0.3, -0.25) is 14.9 Å². The van der Waals surface area contributed by atoms with Gasteiger partial charge >= 0.3 is 5.69 Å². The molecule has 1 unspecified atom stereocenters. The Kier molecular flexibility index (Phi) is 6.65. The summed E-state index contributed by atoms with van der Waals surface area (Å²) in [4.78, 5) is 22.4. The van der Waals surface area contributed by atoms with E-state index in [0.717, 1.165) is 0 Å². The number of halogens is 2. The SMILES string of the molecule is CCNC(=O)C(C)Oc1cc(Oc2ccc(Cl)cc2Cl)ccc1[N+](=O)[O-]. The molecule has 0 spiro atoms. The van der Waals surface area contributed by atoms with E-state index in [1.807, 2.05) is 0 Å². The van der Waals surface area contributed by atoms with Crippen LogP contribution in [-0.2, 0) is 4.79 Å². The van der Waals surface area contributed by atoms with Crippen molar-refractivity contribution in [3.8, 4) is 17.2 Å². The summed E-state index contributed by atoms with van der Waals surface area (Å²) in [7, 11) is 0. The third-order valence-corrected chi connectivity index (χ3v) is 3.80. The minimum Gasteiger partial charge on any atom is -0.474 e. The van der Waals surface area contributed by atoms with Crippen LogP contribution in [0.2, 0.25) is 10.0 Å². The molecular weight excluding hydrogens is 383 g/mol. The van der Waals surface area contributed by atoms with Crippen LogP contribution in [0.25, 0.3) is 0 Å². The first-order valence-corrected chi connectivity index (χ1v) is 8.43. The van der Waals surface area contributed by atoms with Crippen molar-refractivity contribution in [3.63, 3.8) is 0 Å². The Balaban J connectivity index is 2.29. The van der Waals surface area contributed by atoms with Crippen molar-refractivity contribution in [3.05, 3.63) is 56.6 Å². The van der Waals surface area contributed by atoms with Gasteiger partial charge in [0, 0.05) is 23.7 Å². The van der Waals surface area contributed by atoms with Crippen molar-refractivity contribution in [2.75, 3.05) is 6.54 Å². The van der Waals surface area contributed by atoms with E-state index < -0.39 is 11.0 Å². The molecule has 2 rings (SSSR count). The van der Waals surface area contributed by atoms with Crippen LogP contribution >= 0.6 is 23.2 Å². The molecule has 0 aliphatic rings. The second kappa shape index (κ2) is 8.73. The number of likely N-dealkylation sites (N-methyl/N-ethyl adjacent to an activating group) is 1. The second-order valence-electron chi connectivity index (χ2n) is 5.22. The van der Waals surface area contributed by atoms with E-state index >= 15 is 0 Å². The highest BCUT2D eigenvalue weighted by Crippen LogP contribution is 2.36. The van der Waals surface area contributed by atoms with Crippen LogP contribution in [0.5, 0.6) is 17.2 Å². The Labute approximate surface area is 160 Å². The van der Waals surface area contributed by atoms with Gasteiger partial charge in [0.1, 0.15) is 11.5 Å². The van der Waals surface area contributed by atoms with Crippen molar-refractivity contribution >= 4 is 34.8 Å². The van der Waals surface area contributed by atoms with Crippen molar-refractivity contribution in [1.82, 2.24) is 5.32 Å². The molecule has 2 aromatic rings. The summed E-state index contributed by atoms with van der Waals surface area (Å²) < 4.78 is 11.1. The lowest BCUT2D eigenvalue weighted by atomic mass is 10.2. The first-order chi connectivity index (χ1) is 12.3. The lowest BCUT2D eigenvalue weighted by Gasteiger charge is -2.15. The number of rotatable bonds is 7. The minimum atomic E-state index is -0.914. The van der Waals surface area contributed by atoms with Crippen molar-refractivity contribution in [2.45, 2.75) is 20.0 Å². The molecule has 0 radical (unpaired) electrons. The van der Waals surface area contributed by atoms with E-state index in [-0.39, 0.29) is 28.1 Å². The fourth-order valence-corrected chi connectivity index (χ4v) is 2.50. The number of hydrogen-bond acceptors (Lipinski definition) is 5. The molecular formula is C17H16Cl2N2O5. The average Bonchev–Trinajstić information content (AvgIpc) is 2.57. The molecule has 7 nitrogen and oxygen atoms in total. The quantitative estimate of drug-likeness (QED) is 0.543. The Morgan fingerprint density at radius 1 is 1.23 bits per heavy atom. The second-order valence-corrected chi connectivity index (χ2v) is 6.06. The van der Waals surface area contributed by atoms with Crippen LogP contribution < -0.4 is 14.8 Å². The summed E-state index contributed by atoms with van der Waals surface area (Å²) in [6.07, 6.45) is -0.914. The molecule has 0 aliphatic heterocycles. The third kappa shape index (κ3) is 5.00. The number of amides is 1. The summed E-state index contributed by atoms with van der Waals surface area (Å²) in [5.74, 6) is 0.121. The Hall–Kier alpha value is -2.51. The summed E-state index contributed by atoms with van der Waals surface area (Å²) in [6, 6.07) is 8.66. The first-order valence-electron chi connectivity index (χ1n) is 7.67. The summed E-state index contributed by atoms with van der Waals surface area (Å²) in [5.41, 5.74) is -0.282. The molecule has 0 bridgehead atoms. The maximum Gasteiger partial charge on any atom is 0.311 e. The monoisotopic (exact) mass is 398 g/mol. The van der Waals surface area contributed by atoms with Gasteiger partial charge in [-0.05, 0) is 38.1 Å². The molecule has 26 heavy (non-hydrogen) atoms. The van der Waals surface area contributed by atoms with Crippen LogP contribution in [0.4, 0.5) is 5.69 Å². The Bertz CT molecular complexity index is 829. The zero-order chi connectivity index (χ0) is 19.3. The van der Waals surface area contributed by atoms with Crippen molar-refractivity contribution < 1.29 is 19.2 Å². The van der Waals surface area contributed by atoms with Crippen LogP contribution in [-0.4, -0.2) is 23.5 Å². The number of nitro groups is 1. The predicted octanol–water partition coefficient (Wildman–Crippen LogP) is 4.60. The molecule has 1 amide bonds. The van der Waals surface area contributed by atoms with Gasteiger partial charge in [-0.15, -0.1) is 0 Å². The van der Waals surface area contributed by atoms with Gasteiger partial charge in [0.05, 0.1) is 9.95 Å². The number of ether oxygens (including phenoxy) is 2. The maximum absolute atomic E-state index is 11.8. The summed E-state index contributed by atoms with van der Waals surface area (Å²) in [6.45, 7) is 3.68. The van der Waals surface area contributed by atoms with E-state index in [0.29, 0.717) is 17.3 Å². The smallest absolute Gasteiger partial charge is 0.311 e. The van der Waals surface area contributed by atoms with Gasteiger partial charge < -0.3 is 14.8 Å². The first kappa shape index (κ1) is 19.8. The van der Waals surface area contributed by atoms with Gasteiger partial charge in [-0.2, -0.15) is 0 Å². The predicted molar refractivity (Wildman–Crippen MR) is 98.4 cm³/mol. The Morgan fingerprint density at radius 2 is 1.96 bits per heavy atom. The maximum atomic E-state index is 11.8. The van der Waals surface area contributed by atoms with E-state index in [1.165, 1.54) is 31.2 Å². The molecule has 0 aromatic heterocycles. The molecule has 2 aromatic carbocycles. The number of carbonyl (C=O) groups is 1. The van der Waals surface area contributed by atoms with Crippen LogP contribution in [0.3, 0.4) is 0 Å². The zero-order valence-corrected chi connectivity index (χ0v) is 15.5. The zero-order valence-electron chi connectivity index (χ0n) is 14.0. The average molecular weight is 399 g/mol. The van der Waals surface area contributed by atoms with E-state index in [4.69, 9.17) is 32.7 Å². The van der Waals surface area contributed by atoms with E-state index in [1.54, 1.807) is 19.1 Å². The van der Waals surface area contributed by atoms with Crippen LogP contribution in [0.15, 0.2) is 36.4 Å². The van der Waals surface area contributed by atoms with Crippen LogP contribution in [0.1, 0.15) is 13.8 Å². The largest absolute Gasteiger partial charge is 0.474 e. The summed E-state index contributed by atoms with van der Waals surface area (Å²) in [5, 5.41) is 14.5. The number of nitrogens with one attached hydrogen (secondary N) is 1. The highest BCUT2D eigenvalue weighted by Gasteiger charge is 2.22. The normalized spacial score (nSPS) is 11.5. The van der Waals surface area contributed by atoms with Crippen molar-refractivity contribution in [1.29, 1.82) is 0 Å². The molecule has 9 heteroatoms. The fraction of sp³-hybridized carbons (Fsp3) is 0.235. The number of nitrogens with zero attached hydrogens (tertiary/aromatic N) is 1. The molecule has 1 N–H and O–H groups in total. The molecule has 0 heterocycles. The van der Waals surface area contributed by atoms with Gasteiger partial charge in [0.25, 0.3) is 5.91 Å². The van der Waals surface area contributed by atoms with Gasteiger partial charge in [0.2, 0.25) is 5.75 Å². The van der Waals surface area contributed by atoms with Crippen molar-refractivity contribution in [2.24, 2.45) is 0 Å². The molecule has 0 fully saturated rings. The molecule has 138 valence electrons. The van der Waals surface area contributed by atoms with E-state index in [9.17, 15) is 14.9 Å². The van der Waals surface area contributed by atoms with Crippen LogP contribution in [0, 0.1) is 10.1 Å². The highest BCUT2D eigenvalue weighted by atomic mass is 35.5. The van der Waals surface area contributed by atoms with Gasteiger partial charge in [0.15, 0.2) is 6.10 Å². The highest BCUT2D eigenvalue weighted by molar-refractivity contribution is 6.35. The number of benzene rings is 2. The standard InChI is InChI=1S/C17H16Cl2N2O5/c1-3-20-17(22)10(2)25-16-9-12(5-6-14(16)21(23)24)26-15-7-4-11(18)8-13(15)19/h4-10H,3H2,1-2H3,(H,20,22).